The molecule has 128 valence electrons. The van der Waals surface area contributed by atoms with Crippen molar-refractivity contribution in [3.05, 3.63) is 64.8 Å². The zero-order chi connectivity index (χ0) is 18.0. The van der Waals surface area contributed by atoms with Crippen LogP contribution in [0.15, 0.2) is 63.3 Å². The van der Waals surface area contributed by atoms with Crippen molar-refractivity contribution in [1.82, 2.24) is 5.32 Å². The number of nitrogens with zero attached hydrogens (tertiary/aromatic N) is 1. The number of nitrogens with one attached hydrogen (secondary N) is 1. The molecule has 1 saturated heterocycles. The first-order chi connectivity index (χ1) is 11.8. The minimum absolute atomic E-state index is 0.0172. The van der Waals surface area contributed by atoms with Gasteiger partial charge in [0.1, 0.15) is 5.82 Å². The molecule has 9 heteroatoms. The number of carbonyl (C=O) groups excluding carboxylic acids is 1. The van der Waals surface area contributed by atoms with Crippen LogP contribution in [-0.2, 0) is 14.8 Å². The van der Waals surface area contributed by atoms with Crippen molar-refractivity contribution >= 4 is 44.6 Å². The Balaban J connectivity index is 1.80. The van der Waals surface area contributed by atoms with Gasteiger partial charge < -0.3 is 5.32 Å². The summed E-state index contributed by atoms with van der Waals surface area (Å²) in [5.74, 6) is -0.662. The van der Waals surface area contributed by atoms with E-state index in [0.29, 0.717) is 21.3 Å². The smallest absolute Gasteiger partial charge is 0.264 e. The first-order valence-electron chi connectivity index (χ1n) is 6.99. The molecule has 3 N–H and O–H groups in total. The van der Waals surface area contributed by atoms with Gasteiger partial charge in [-0.15, -0.1) is 0 Å². The van der Waals surface area contributed by atoms with Crippen LogP contribution in [0.5, 0.6) is 0 Å². The molecule has 3 rings (SSSR count). The van der Waals surface area contributed by atoms with Crippen molar-refractivity contribution in [2.45, 2.75) is 4.90 Å². The Bertz CT molecular complexity index is 982. The van der Waals surface area contributed by atoms with Crippen LogP contribution in [-0.4, -0.2) is 19.5 Å². The van der Waals surface area contributed by atoms with Crippen LogP contribution in [0.3, 0.4) is 0 Å². The molecule has 0 aliphatic carbocycles. The Labute approximate surface area is 147 Å². The lowest BCUT2D eigenvalue weighted by molar-refractivity contribution is -0.115. The van der Waals surface area contributed by atoms with Crippen molar-refractivity contribution in [2.24, 2.45) is 10.1 Å². The summed E-state index contributed by atoms with van der Waals surface area (Å²) < 4.78 is 35.4. The number of rotatable bonds is 3. The third-order valence-corrected chi connectivity index (χ3v) is 5.05. The summed E-state index contributed by atoms with van der Waals surface area (Å²) in [5, 5.41) is 8.01. The zero-order valence-corrected chi connectivity index (χ0v) is 14.3. The molecule has 25 heavy (non-hydrogen) atoms. The lowest BCUT2D eigenvalue weighted by Gasteiger charge is -1.99. The molecule has 2 aromatic carbocycles. The maximum Gasteiger partial charge on any atom is 0.264 e. The number of halogens is 1. The number of primary sulfonamides is 1. The van der Waals surface area contributed by atoms with Crippen LogP contribution < -0.4 is 10.5 Å². The fourth-order valence-electron chi connectivity index (χ4n) is 2.02. The van der Waals surface area contributed by atoms with Crippen molar-refractivity contribution in [2.75, 3.05) is 0 Å². The first kappa shape index (κ1) is 17.3. The third kappa shape index (κ3) is 4.32. The van der Waals surface area contributed by atoms with Gasteiger partial charge in [0.15, 0.2) is 5.17 Å². The molecule has 0 unspecified atom stereocenters. The molecular formula is C16H12FN3O3S2. The van der Waals surface area contributed by atoms with Crippen LogP contribution in [0.4, 0.5) is 10.1 Å². The number of thioether (sulfide) groups is 1. The Hall–Kier alpha value is -2.49. The lowest BCUT2D eigenvalue weighted by Crippen LogP contribution is -2.19. The second-order valence-corrected chi connectivity index (χ2v) is 7.66. The Morgan fingerprint density at radius 2 is 1.72 bits per heavy atom. The molecule has 1 aliphatic heterocycles. The molecule has 6 nitrogen and oxygen atoms in total. The van der Waals surface area contributed by atoms with E-state index in [9.17, 15) is 17.6 Å². The Morgan fingerprint density at radius 3 is 2.32 bits per heavy atom. The fourth-order valence-corrected chi connectivity index (χ4v) is 3.38. The van der Waals surface area contributed by atoms with E-state index in [0.717, 1.165) is 11.8 Å². The minimum Gasteiger partial charge on any atom is -0.300 e. The van der Waals surface area contributed by atoms with Gasteiger partial charge in [0, 0.05) is 0 Å². The van der Waals surface area contributed by atoms with Crippen molar-refractivity contribution in [1.29, 1.82) is 0 Å². The van der Waals surface area contributed by atoms with Crippen molar-refractivity contribution < 1.29 is 17.6 Å². The molecule has 0 aromatic heterocycles. The zero-order valence-electron chi connectivity index (χ0n) is 12.6. The van der Waals surface area contributed by atoms with Gasteiger partial charge >= 0.3 is 0 Å². The van der Waals surface area contributed by atoms with E-state index in [1.165, 1.54) is 36.4 Å². The van der Waals surface area contributed by atoms with E-state index >= 15 is 0 Å². The van der Waals surface area contributed by atoms with E-state index in [-0.39, 0.29) is 16.6 Å². The lowest BCUT2D eigenvalue weighted by atomic mass is 10.2. The highest BCUT2D eigenvalue weighted by molar-refractivity contribution is 8.18. The number of hydrogen-bond donors (Lipinski definition) is 2. The topological polar surface area (TPSA) is 102 Å². The maximum absolute atomic E-state index is 12.9. The predicted octanol–water partition coefficient (Wildman–Crippen LogP) is 2.36. The average molecular weight is 377 g/mol. The molecule has 0 spiro atoms. The van der Waals surface area contributed by atoms with Gasteiger partial charge in [0.25, 0.3) is 5.91 Å². The molecule has 0 bridgehead atoms. The minimum atomic E-state index is -3.76. The van der Waals surface area contributed by atoms with Crippen LogP contribution in [0.25, 0.3) is 6.08 Å². The fraction of sp³-hybridized carbons (Fsp3) is 0. The van der Waals surface area contributed by atoms with Crippen LogP contribution in [0.1, 0.15) is 5.56 Å². The maximum atomic E-state index is 12.9. The number of nitrogens with two attached hydrogens (primary N) is 1. The van der Waals surface area contributed by atoms with E-state index in [1.54, 1.807) is 18.2 Å². The molecule has 0 saturated carbocycles. The molecule has 1 heterocycles. The van der Waals surface area contributed by atoms with Crippen LogP contribution in [0, 0.1) is 5.82 Å². The molecule has 1 aliphatic rings. The van der Waals surface area contributed by atoms with E-state index in [1.807, 2.05) is 0 Å². The summed E-state index contributed by atoms with van der Waals surface area (Å²) in [5.41, 5.74) is 1.16. The highest BCUT2D eigenvalue weighted by atomic mass is 32.2. The second kappa shape index (κ2) is 6.79. The van der Waals surface area contributed by atoms with Gasteiger partial charge in [-0.2, -0.15) is 0 Å². The van der Waals surface area contributed by atoms with Gasteiger partial charge in [0.2, 0.25) is 10.0 Å². The summed E-state index contributed by atoms with van der Waals surface area (Å²) in [6.07, 6.45) is 1.63. The largest absolute Gasteiger partial charge is 0.300 e. The number of sulfonamides is 1. The van der Waals surface area contributed by atoms with Gasteiger partial charge in [-0.25, -0.2) is 22.9 Å². The van der Waals surface area contributed by atoms with Gasteiger partial charge in [-0.05, 0) is 59.8 Å². The number of amidine groups is 1. The molecule has 0 radical (unpaired) electrons. The van der Waals surface area contributed by atoms with Crippen LogP contribution in [0.2, 0.25) is 0 Å². The molecule has 0 atom stereocenters. The summed E-state index contributed by atoms with van der Waals surface area (Å²) in [7, 11) is -3.76. The summed E-state index contributed by atoms with van der Waals surface area (Å²) >= 11 is 1.14. The normalized spacial score (nSPS) is 17.9. The monoisotopic (exact) mass is 377 g/mol. The summed E-state index contributed by atoms with van der Waals surface area (Å²) in [6, 6.07) is 11.4. The molecule has 1 fully saturated rings. The number of aliphatic imine (C=N–C) groups is 1. The quantitative estimate of drug-likeness (QED) is 0.802. The molecule has 1 amide bonds. The van der Waals surface area contributed by atoms with Crippen molar-refractivity contribution in [3.63, 3.8) is 0 Å². The second-order valence-electron chi connectivity index (χ2n) is 5.07. The Morgan fingerprint density at radius 1 is 1.08 bits per heavy atom. The van der Waals surface area contributed by atoms with E-state index < -0.39 is 10.0 Å². The van der Waals surface area contributed by atoms with E-state index in [4.69, 9.17) is 5.14 Å². The highest BCUT2D eigenvalue weighted by Crippen LogP contribution is 2.28. The Kier molecular flexibility index (Phi) is 4.71. The highest BCUT2D eigenvalue weighted by Gasteiger charge is 2.23. The predicted molar refractivity (Wildman–Crippen MR) is 95.0 cm³/mol. The van der Waals surface area contributed by atoms with E-state index in [2.05, 4.69) is 10.3 Å². The average Bonchev–Trinajstić information content (AvgIpc) is 2.89. The third-order valence-electron chi connectivity index (χ3n) is 3.21. The first-order valence-corrected chi connectivity index (χ1v) is 9.35. The standard InChI is InChI=1S/C16H12FN3O3S2/c17-11-3-1-10(2-4-11)9-14-15(21)20-16(24-14)19-12-5-7-13(8-6-12)25(18,22)23/h1-9H,(H2,18,22,23)(H,19,20,21)/b14-9-. The number of carbonyl (C=O) groups is 1. The summed E-state index contributed by atoms with van der Waals surface area (Å²) in [6.45, 7) is 0. The summed E-state index contributed by atoms with van der Waals surface area (Å²) in [4.78, 5) is 16.6. The SMILES string of the molecule is NS(=O)(=O)c1ccc(N=C2NC(=O)/C(=C/c3ccc(F)cc3)S2)cc1. The van der Waals surface area contributed by atoms with Gasteiger partial charge in [0.05, 0.1) is 15.5 Å². The molecular weight excluding hydrogens is 365 g/mol. The number of benzene rings is 2. The van der Waals surface area contributed by atoms with Gasteiger partial charge in [-0.3, -0.25) is 4.79 Å². The van der Waals surface area contributed by atoms with Crippen LogP contribution >= 0.6 is 11.8 Å². The number of hydrogen-bond acceptors (Lipinski definition) is 5. The number of amides is 1. The van der Waals surface area contributed by atoms with Gasteiger partial charge in [-0.1, -0.05) is 12.1 Å². The van der Waals surface area contributed by atoms with Crippen molar-refractivity contribution in [3.8, 4) is 0 Å². The molecule has 2 aromatic rings.